The predicted octanol–water partition coefficient (Wildman–Crippen LogP) is 1.69. The standard InChI is InChI=1S/C18H20FN5O/c1-11-16(12-3-4-13(10-20)15(19)9-12)22-18(23(2)17(11)25)24-7-5-14(21)6-8-24/h3-4,9,14H,5-8,21H2,1-2H3. The van der Waals surface area contributed by atoms with Crippen molar-refractivity contribution in [2.75, 3.05) is 18.0 Å². The Labute approximate surface area is 145 Å². The lowest BCUT2D eigenvalue weighted by atomic mass is 10.0. The van der Waals surface area contributed by atoms with E-state index >= 15 is 0 Å². The van der Waals surface area contributed by atoms with E-state index in [1.807, 2.05) is 4.90 Å². The van der Waals surface area contributed by atoms with Gasteiger partial charge in [0, 0.05) is 37.3 Å². The molecule has 0 radical (unpaired) electrons. The van der Waals surface area contributed by atoms with Gasteiger partial charge in [0.25, 0.3) is 5.56 Å². The summed E-state index contributed by atoms with van der Waals surface area (Å²) in [6.45, 7) is 3.13. The molecule has 3 rings (SSSR count). The Morgan fingerprint density at radius 3 is 2.64 bits per heavy atom. The molecule has 6 nitrogen and oxygen atoms in total. The molecule has 0 saturated carbocycles. The normalized spacial score (nSPS) is 15.2. The van der Waals surface area contributed by atoms with Crippen LogP contribution in [0.25, 0.3) is 11.3 Å². The van der Waals surface area contributed by atoms with Crippen LogP contribution in [-0.4, -0.2) is 28.7 Å². The van der Waals surface area contributed by atoms with Crippen LogP contribution in [0.15, 0.2) is 23.0 Å². The zero-order valence-electron chi connectivity index (χ0n) is 14.3. The molecule has 0 unspecified atom stereocenters. The van der Waals surface area contributed by atoms with Crippen LogP contribution in [0.5, 0.6) is 0 Å². The third-order valence-electron chi connectivity index (χ3n) is 4.68. The molecule has 0 bridgehead atoms. The van der Waals surface area contributed by atoms with Crippen molar-refractivity contribution in [3.05, 3.63) is 45.5 Å². The molecule has 2 N–H and O–H groups in total. The number of hydrogen-bond donors (Lipinski definition) is 1. The summed E-state index contributed by atoms with van der Waals surface area (Å²) in [7, 11) is 1.69. The quantitative estimate of drug-likeness (QED) is 0.898. The summed E-state index contributed by atoms with van der Waals surface area (Å²) >= 11 is 0. The Morgan fingerprint density at radius 1 is 1.36 bits per heavy atom. The molecule has 0 spiro atoms. The zero-order valence-corrected chi connectivity index (χ0v) is 14.3. The maximum Gasteiger partial charge on any atom is 0.258 e. The number of piperidine rings is 1. The first-order valence-electron chi connectivity index (χ1n) is 8.20. The average molecular weight is 341 g/mol. The van der Waals surface area contributed by atoms with Gasteiger partial charge < -0.3 is 10.6 Å². The van der Waals surface area contributed by atoms with Crippen LogP contribution >= 0.6 is 0 Å². The monoisotopic (exact) mass is 341 g/mol. The molecule has 1 saturated heterocycles. The molecule has 0 atom stereocenters. The number of nitriles is 1. The number of benzene rings is 1. The summed E-state index contributed by atoms with van der Waals surface area (Å²) in [6.07, 6.45) is 1.68. The van der Waals surface area contributed by atoms with Gasteiger partial charge in [0.1, 0.15) is 11.9 Å². The van der Waals surface area contributed by atoms with Crippen LogP contribution in [0, 0.1) is 24.1 Å². The van der Waals surface area contributed by atoms with E-state index in [9.17, 15) is 9.18 Å². The summed E-state index contributed by atoms with van der Waals surface area (Å²) in [5.74, 6) is -0.0605. The summed E-state index contributed by atoms with van der Waals surface area (Å²) in [4.78, 5) is 19.3. The van der Waals surface area contributed by atoms with Gasteiger partial charge in [-0.05, 0) is 31.9 Å². The van der Waals surface area contributed by atoms with Gasteiger partial charge in [0.15, 0.2) is 0 Å². The molecule has 2 heterocycles. The smallest absolute Gasteiger partial charge is 0.258 e. The number of halogens is 1. The molecule has 1 aromatic carbocycles. The van der Waals surface area contributed by atoms with E-state index in [4.69, 9.17) is 11.0 Å². The van der Waals surface area contributed by atoms with Gasteiger partial charge in [-0.25, -0.2) is 9.37 Å². The fraction of sp³-hybridized carbons (Fsp3) is 0.389. The highest BCUT2D eigenvalue weighted by atomic mass is 19.1. The molecule has 0 amide bonds. The second-order valence-corrected chi connectivity index (χ2v) is 6.38. The fourth-order valence-corrected chi connectivity index (χ4v) is 3.12. The molecular formula is C18H20FN5O. The maximum absolute atomic E-state index is 14.0. The highest BCUT2D eigenvalue weighted by molar-refractivity contribution is 5.65. The van der Waals surface area contributed by atoms with Crippen molar-refractivity contribution in [1.29, 1.82) is 5.26 Å². The number of anilines is 1. The van der Waals surface area contributed by atoms with Crippen molar-refractivity contribution in [2.45, 2.75) is 25.8 Å². The van der Waals surface area contributed by atoms with E-state index in [1.165, 1.54) is 16.7 Å². The lowest BCUT2D eigenvalue weighted by Crippen LogP contribution is -2.42. The first kappa shape index (κ1) is 17.1. The van der Waals surface area contributed by atoms with Gasteiger partial charge in [0.05, 0.1) is 11.3 Å². The minimum absolute atomic E-state index is 0.0320. The number of nitrogens with zero attached hydrogens (tertiary/aromatic N) is 4. The van der Waals surface area contributed by atoms with Crippen LogP contribution in [0.3, 0.4) is 0 Å². The third kappa shape index (κ3) is 3.13. The first-order chi connectivity index (χ1) is 11.9. The van der Waals surface area contributed by atoms with E-state index in [2.05, 4.69) is 4.98 Å². The van der Waals surface area contributed by atoms with Crippen LogP contribution in [-0.2, 0) is 7.05 Å². The molecule has 7 heteroatoms. The minimum atomic E-state index is -0.618. The molecule has 0 aliphatic carbocycles. The summed E-state index contributed by atoms with van der Waals surface area (Å²) in [6, 6.07) is 6.24. The van der Waals surface area contributed by atoms with Crippen molar-refractivity contribution >= 4 is 5.95 Å². The Kier molecular flexibility index (Phi) is 4.55. The molecule has 1 fully saturated rings. The Balaban J connectivity index is 2.10. The van der Waals surface area contributed by atoms with E-state index in [0.717, 1.165) is 25.9 Å². The molecule has 1 aliphatic rings. The van der Waals surface area contributed by atoms with Crippen LogP contribution in [0.4, 0.5) is 10.3 Å². The maximum atomic E-state index is 14.0. The van der Waals surface area contributed by atoms with Gasteiger partial charge in [-0.1, -0.05) is 6.07 Å². The lowest BCUT2D eigenvalue weighted by Gasteiger charge is -2.32. The van der Waals surface area contributed by atoms with Crippen molar-refractivity contribution in [3.8, 4) is 17.3 Å². The number of nitrogens with two attached hydrogens (primary N) is 1. The summed E-state index contributed by atoms with van der Waals surface area (Å²) in [5.41, 5.74) is 7.13. The molecular weight excluding hydrogens is 321 g/mol. The second-order valence-electron chi connectivity index (χ2n) is 6.38. The Bertz CT molecular complexity index is 907. The molecule has 130 valence electrons. The largest absolute Gasteiger partial charge is 0.342 e. The molecule has 1 aromatic heterocycles. The van der Waals surface area contributed by atoms with Gasteiger partial charge in [0.2, 0.25) is 5.95 Å². The van der Waals surface area contributed by atoms with Crippen molar-refractivity contribution in [1.82, 2.24) is 9.55 Å². The van der Waals surface area contributed by atoms with Crippen LogP contribution < -0.4 is 16.2 Å². The van der Waals surface area contributed by atoms with Crippen molar-refractivity contribution in [2.24, 2.45) is 12.8 Å². The zero-order chi connectivity index (χ0) is 18.1. The van der Waals surface area contributed by atoms with E-state index in [-0.39, 0.29) is 17.2 Å². The van der Waals surface area contributed by atoms with E-state index in [0.29, 0.717) is 22.8 Å². The van der Waals surface area contributed by atoms with Gasteiger partial charge >= 0.3 is 0 Å². The second kappa shape index (κ2) is 6.65. The summed E-state index contributed by atoms with van der Waals surface area (Å²) < 4.78 is 15.5. The SMILES string of the molecule is Cc1c(-c2ccc(C#N)c(F)c2)nc(N2CCC(N)CC2)n(C)c1=O. The Hall–Kier alpha value is -2.72. The highest BCUT2D eigenvalue weighted by Gasteiger charge is 2.22. The molecule has 1 aliphatic heterocycles. The highest BCUT2D eigenvalue weighted by Crippen LogP contribution is 2.25. The van der Waals surface area contributed by atoms with E-state index in [1.54, 1.807) is 26.1 Å². The van der Waals surface area contributed by atoms with Gasteiger partial charge in [-0.2, -0.15) is 5.26 Å². The Morgan fingerprint density at radius 2 is 2.04 bits per heavy atom. The molecule has 25 heavy (non-hydrogen) atoms. The van der Waals surface area contributed by atoms with Gasteiger partial charge in [-0.15, -0.1) is 0 Å². The molecule has 2 aromatic rings. The van der Waals surface area contributed by atoms with Crippen LogP contribution in [0.1, 0.15) is 24.0 Å². The van der Waals surface area contributed by atoms with Crippen molar-refractivity contribution in [3.63, 3.8) is 0 Å². The first-order valence-corrected chi connectivity index (χ1v) is 8.20. The topological polar surface area (TPSA) is 87.9 Å². The van der Waals surface area contributed by atoms with Crippen LogP contribution in [0.2, 0.25) is 0 Å². The van der Waals surface area contributed by atoms with Gasteiger partial charge in [-0.3, -0.25) is 9.36 Å². The van der Waals surface area contributed by atoms with E-state index < -0.39 is 5.82 Å². The third-order valence-corrected chi connectivity index (χ3v) is 4.68. The number of aromatic nitrogens is 2. The average Bonchev–Trinajstić information content (AvgIpc) is 2.61. The van der Waals surface area contributed by atoms with Crippen molar-refractivity contribution < 1.29 is 4.39 Å². The predicted molar refractivity (Wildman–Crippen MR) is 93.7 cm³/mol. The fourth-order valence-electron chi connectivity index (χ4n) is 3.12. The summed E-state index contributed by atoms with van der Waals surface area (Å²) in [5, 5.41) is 8.87. The number of hydrogen-bond acceptors (Lipinski definition) is 5. The number of rotatable bonds is 2. The minimum Gasteiger partial charge on any atom is -0.342 e. The lowest BCUT2D eigenvalue weighted by molar-refractivity contribution is 0.490.